The first-order valence-corrected chi connectivity index (χ1v) is 8.71. The molecule has 1 saturated heterocycles. The SMILES string of the molecule is Fc1ccccc1CN=C(NCCc1ccco1)NCC1CCCO1. The summed E-state index contributed by atoms with van der Waals surface area (Å²) in [6.07, 6.45) is 4.79. The first-order chi connectivity index (χ1) is 12.3. The lowest BCUT2D eigenvalue weighted by Gasteiger charge is -2.15. The van der Waals surface area contributed by atoms with Gasteiger partial charge in [-0.05, 0) is 31.0 Å². The standard InChI is InChI=1S/C19H24FN3O2/c20-18-8-2-1-5-15(18)13-22-19(23-14-17-7-4-12-25-17)21-10-9-16-6-3-11-24-16/h1-3,5-6,8,11,17H,4,7,9-10,12-14H2,(H2,21,22,23). The summed E-state index contributed by atoms with van der Waals surface area (Å²) in [5.41, 5.74) is 0.576. The zero-order chi connectivity index (χ0) is 17.3. The third-order valence-electron chi connectivity index (χ3n) is 4.13. The van der Waals surface area contributed by atoms with Gasteiger partial charge in [0, 0.05) is 31.7 Å². The van der Waals surface area contributed by atoms with E-state index in [2.05, 4.69) is 15.6 Å². The molecule has 0 aliphatic carbocycles. The average Bonchev–Trinajstić information content (AvgIpc) is 3.32. The number of halogens is 1. The Morgan fingerprint density at radius 3 is 2.88 bits per heavy atom. The molecular weight excluding hydrogens is 321 g/mol. The fourth-order valence-electron chi connectivity index (χ4n) is 2.74. The molecule has 1 unspecified atom stereocenters. The molecule has 0 spiro atoms. The van der Waals surface area contributed by atoms with Crippen molar-refractivity contribution in [2.75, 3.05) is 19.7 Å². The maximum atomic E-state index is 13.8. The molecule has 1 aliphatic heterocycles. The Kier molecular flexibility index (Phi) is 6.45. The van der Waals surface area contributed by atoms with Crippen LogP contribution < -0.4 is 10.6 Å². The molecule has 2 N–H and O–H groups in total. The van der Waals surface area contributed by atoms with Gasteiger partial charge in [-0.2, -0.15) is 0 Å². The number of ether oxygens (including phenoxy) is 1. The van der Waals surface area contributed by atoms with E-state index in [9.17, 15) is 4.39 Å². The van der Waals surface area contributed by atoms with E-state index >= 15 is 0 Å². The number of nitrogens with zero attached hydrogens (tertiary/aromatic N) is 1. The minimum Gasteiger partial charge on any atom is -0.469 e. The second-order valence-electron chi connectivity index (χ2n) is 6.03. The Bertz CT molecular complexity index is 667. The van der Waals surface area contributed by atoms with Crippen LogP contribution in [0.25, 0.3) is 0 Å². The van der Waals surface area contributed by atoms with E-state index in [-0.39, 0.29) is 18.5 Å². The molecule has 0 amide bonds. The molecule has 6 heteroatoms. The highest BCUT2D eigenvalue weighted by molar-refractivity contribution is 5.79. The quantitative estimate of drug-likeness (QED) is 0.598. The largest absolute Gasteiger partial charge is 0.469 e. The predicted molar refractivity (Wildman–Crippen MR) is 94.9 cm³/mol. The summed E-state index contributed by atoms with van der Waals surface area (Å²) >= 11 is 0. The molecule has 1 aliphatic rings. The van der Waals surface area contributed by atoms with Gasteiger partial charge in [-0.3, -0.25) is 0 Å². The minimum absolute atomic E-state index is 0.213. The number of hydrogen-bond acceptors (Lipinski definition) is 3. The van der Waals surface area contributed by atoms with Gasteiger partial charge in [0.05, 0.1) is 18.9 Å². The van der Waals surface area contributed by atoms with E-state index < -0.39 is 0 Å². The molecule has 0 radical (unpaired) electrons. The second kappa shape index (κ2) is 9.22. The van der Waals surface area contributed by atoms with Crippen LogP contribution >= 0.6 is 0 Å². The smallest absolute Gasteiger partial charge is 0.191 e. The molecule has 0 saturated carbocycles. The number of benzene rings is 1. The second-order valence-corrected chi connectivity index (χ2v) is 6.03. The van der Waals surface area contributed by atoms with E-state index in [1.807, 2.05) is 18.2 Å². The number of hydrogen-bond donors (Lipinski definition) is 2. The molecule has 1 atom stereocenters. The lowest BCUT2D eigenvalue weighted by molar-refractivity contribution is 0.114. The molecule has 25 heavy (non-hydrogen) atoms. The lowest BCUT2D eigenvalue weighted by Crippen LogP contribution is -2.41. The van der Waals surface area contributed by atoms with Crippen LogP contribution in [0.2, 0.25) is 0 Å². The maximum absolute atomic E-state index is 13.8. The van der Waals surface area contributed by atoms with Crippen molar-refractivity contribution in [1.82, 2.24) is 10.6 Å². The summed E-state index contributed by atoms with van der Waals surface area (Å²) in [5.74, 6) is 1.34. The molecule has 0 bridgehead atoms. The normalized spacial score (nSPS) is 17.6. The third kappa shape index (κ3) is 5.60. The van der Waals surface area contributed by atoms with Crippen LogP contribution in [0.15, 0.2) is 52.1 Å². The first-order valence-electron chi connectivity index (χ1n) is 8.71. The van der Waals surface area contributed by atoms with E-state index in [1.165, 1.54) is 6.07 Å². The first kappa shape index (κ1) is 17.5. The van der Waals surface area contributed by atoms with Crippen LogP contribution in [0.4, 0.5) is 4.39 Å². The zero-order valence-electron chi connectivity index (χ0n) is 14.2. The van der Waals surface area contributed by atoms with E-state index in [4.69, 9.17) is 9.15 Å². The zero-order valence-corrected chi connectivity index (χ0v) is 14.2. The van der Waals surface area contributed by atoms with Gasteiger partial charge in [-0.15, -0.1) is 0 Å². The molecule has 1 aromatic carbocycles. The Hall–Kier alpha value is -2.34. The monoisotopic (exact) mass is 345 g/mol. The molecule has 3 rings (SSSR count). The van der Waals surface area contributed by atoms with Crippen LogP contribution in [-0.4, -0.2) is 31.8 Å². The van der Waals surface area contributed by atoms with Gasteiger partial charge in [0.15, 0.2) is 5.96 Å². The van der Waals surface area contributed by atoms with Crippen molar-refractivity contribution >= 4 is 5.96 Å². The number of furan rings is 1. The van der Waals surface area contributed by atoms with Crippen LogP contribution in [-0.2, 0) is 17.7 Å². The van der Waals surface area contributed by atoms with Gasteiger partial charge < -0.3 is 19.8 Å². The van der Waals surface area contributed by atoms with Crippen LogP contribution in [0.1, 0.15) is 24.2 Å². The molecule has 5 nitrogen and oxygen atoms in total. The average molecular weight is 345 g/mol. The molecule has 134 valence electrons. The maximum Gasteiger partial charge on any atom is 0.191 e. The summed E-state index contributed by atoms with van der Waals surface area (Å²) in [7, 11) is 0. The Morgan fingerprint density at radius 1 is 1.20 bits per heavy atom. The van der Waals surface area contributed by atoms with Crippen molar-refractivity contribution in [2.24, 2.45) is 4.99 Å². The highest BCUT2D eigenvalue weighted by Crippen LogP contribution is 2.11. The third-order valence-corrected chi connectivity index (χ3v) is 4.13. The Morgan fingerprint density at radius 2 is 2.12 bits per heavy atom. The highest BCUT2D eigenvalue weighted by atomic mass is 19.1. The Balaban J connectivity index is 1.55. The molecular formula is C19H24FN3O2. The number of guanidine groups is 1. The number of rotatable bonds is 7. The number of nitrogens with one attached hydrogen (secondary N) is 2. The molecule has 1 fully saturated rings. The summed E-state index contributed by atoms with van der Waals surface area (Å²) < 4.78 is 24.7. The van der Waals surface area contributed by atoms with Gasteiger partial charge in [-0.25, -0.2) is 9.38 Å². The molecule has 1 aromatic heterocycles. The Labute approximate surface area is 147 Å². The van der Waals surface area contributed by atoms with Crippen molar-refractivity contribution in [3.05, 3.63) is 59.8 Å². The van der Waals surface area contributed by atoms with Gasteiger partial charge in [-0.1, -0.05) is 18.2 Å². The predicted octanol–water partition coefficient (Wildman–Crippen LogP) is 2.88. The van der Waals surface area contributed by atoms with Crippen LogP contribution in [0, 0.1) is 5.82 Å². The van der Waals surface area contributed by atoms with Crippen molar-refractivity contribution in [3.63, 3.8) is 0 Å². The summed E-state index contributed by atoms with van der Waals surface area (Å²) in [5, 5.41) is 6.56. The van der Waals surface area contributed by atoms with Crippen molar-refractivity contribution < 1.29 is 13.5 Å². The van der Waals surface area contributed by atoms with Gasteiger partial charge in [0.25, 0.3) is 0 Å². The van der Waals surface area contributed by atoms with Gasteiger partial charge in [0.1, 0.15) is 11.6 Å². The van der Waals surface area contributed by atoms with Crippen LogP contribution in [0.3, 0.4) is 0 Å². The lowest BCUT2D eigenvalue weighted by atomic mass is 10.2. The highest BCUT2D eigenvalue weighted by Gasteiger charge is 2.15. The van der Waals surface area contributed by atoms with Crippen molar-refractivity contribution in [3.8, 4) is 0 Å². The number of aliphatic imine (C=N–C) groups is 1. The topological polar surface area (TPSA) is 58.8 Å². The van der Waals surface area contributed by atoms with E-state index in [1.54, 1.807) is 18.4 Å². The van der Waals surface area contributed by atoms with Crippen molar-refractivity contribution in [1.29, 1.82) is 0 Å². The summed E-state index contributed by atoms with van der Waals surface area (Å²) in [6, 6.07) is 10.5. The van der Waals surface area contributed by atoms with Gasteiger partial charge >= 0.3 is 0 Å². The van der Waals surface area contributed by atoms with E-state index in [0.29, 0.717) is 24.6 Å². The fourth-order valence-corrected chi connectivity index (χ4v) is 2.74. The molecule has 2 heterocycles. The van der Waals surface area contributed by atoms with Crippen LogP contribution in [0.5, 0.6) is 0 Å². The summed E-state index contributed by atoms with van der Waals surface area (Å²) in [6.45, 7) is 2.49. The summed E-state index contributed by atoms with van der Waals surface area (Å²) in [4.78, 5) is 4.50. The van der Waals surface area contributed by atoms with Crippen molar-refractivity contribution in [2.45, 2.75) is 31.9 Å². The van der Waals surface area contributed by atoms with E-state index in [0.717, 1.165) is 31.6 Å². The van der Waals surface area contributed by atoms with Gasteiger partial charge in [0.2, 0.25) is 0 Å². The minimum atomic E-state index is -0.236. The molecule has 2 aromatic rings. The fraction of sp³-hybridized carbons (Fsp3) is 0.421.